The molecule has 1 heterocycles. The molecular formula is C20H32O6S. The van der Waals surface area contributed by atoms with Crippen molar-refractivity contribution in [3.8, 4) is 5.75 Å². The number of hydrogen-bond acceptors (Lipinski definition) is 7. The smallest absolute Gasteiger partial charge is 0.136 e. The van der Waals surface area contributed by atoms with Gasteiger partial charge >= 0.3 is 0 Å². The molecule has 1 fully saturated rings. The van der Waals surface area contributed by atoms with E-state index < -0.39 is 36.5 Å². The Balaban J connectivity index is 2.43. The number of phenols is 1. The molecule has 1 aliphatic rings. The highest BCUT2D eigenvalue weighted by Gasteiger charge is 2.44. The van der Waals surface area contributed by atoms with Crippen molar-refractivity contribution in [1.29, 1.82) is 0 Å². The molecule has 1 aromatic rings. The summed E-state index contributed by atoms with van der Waals surface area (Å²) in [4.78, 5) is 0.770. The predicted octanol–water partition coefficient (Wildman–Crippen LogP) is 1.88. The Morgan fingerprint density at radius 3 is 1.78 bits per heavy atom. The number of thioether (sulfide) groups is 1. The van der Waals surface area contributed by atoms with Gasteiger partial charge in [0.25, 0.3) is 0 Å². The first-order valence-corrected chi connectivity index (χ1v) is 10.0. The number of hydrogen-bond donors (Lipinski definition) is 5. The van der Waals surface area contributed by atoms with Gasteiger partial charge in [-0.25, -0.2) is 0 Å². The van der Waals surface area contributed by atoms with Crippen LogP contribution in [0.3, 0.4) is 0 Å². The number of aliphatic hydroxyl groups is 4. The Hall–Kier alpha value is -0.830. The van der Waals surface area contributed by atoms with Gasteiger partial charge in [0.15, 0.2) is 0 Å². The van der Waals surface area contributed by atoms with Crippen LogP contribution < -0.4 is 0 Å². The van der Waals surface area contributed by atoms with Crippen LogP contribution in [0.4, 0.5) is 0 Å². The van der Waals surface area contributed by atoms with E-state index in [9.17, 15) is 25.5 Å². The molecule has 5 N–H and O–H groups in total. The van der Waals surface area contributed by atoms with Crippen LogP contribution in [0.5, 0.6) is 5.75 Å². The van der Waals surface area contributed by atoms with Crippen LogP contribution >= 0.6 is 11.8 Å². The fourth-order valence-electron chi connectivity index (χ4n) is 3.12. The maximum Gasteiger partial charge on any atom is 0.136 e. The summed E-state index contributed by atoms with van der Waals surface area (Å²) in [7, 11) is 0. The Bertz CT molecular complexity index is 626. The van der Waals surface area contributed by atoms with Gasteiger partial charge in [0.05, 0.1) is 6.61 Å². The Labute approximate surface area is 165 Å². The molecule has 0 spiro atoms. The lowest BCUT2D eigenvalue weighted by molar-refractivity contribution is -0.205. The molecule has 0 amide bonds. The molecule has 0 saturated carbocycles. The third kappa shape index (κ3) is 4.78. The molecule has 1 aromatic carbocycles. The van der Waals surface area contributed by atoms with E-state index in [2.05, 4.69) is 0 Å². The molecule has 7 heteroatoms. The van der Waals surface area contributed by atoms with Crippen molar-refractivity contribution in [3.63, 3.8) is 0 Å². The first-order chi connectivity index (χ1) is 12.3. The summed E-state index contributed by atoms with van der Waals surface area (Å²) >= 11 is 1.20. The number of aliphatic hydroxyl groups excluding tert-OH is 4. The second-order valence-corrected chi connectivity index (χ2v) is 10.4. The summed E-state index contributed by atoms with van der Waals surface area (Å²) in [6.45, 7) is 11.6. The monoisotopic (exact) mass is 400 g/mol. The van der Waals surface area contributed by atoms with Crippen molar-refractivity contribution >= 4 is 11.8 Å². The van der Waals surface area contributed by atoms with Crippen LogP contribution in [0.1, 0.15) is 52.7 Å². The third-order valence-electron chi connectivity index (χ3n) is 4.80. The molecule has 154 valence electrons. The van der Waals surface area contributed by atoms with E-state index in [-0.39, 0.29) is 16.6 Å². The molecule has 5 atom stereocenters. The zero-order valence-electron chi connectivity index (χ0n) is 16.8. The summed E-state index contributed by atoms with van der Waals surface area (Å²) in [6.07, 6.45) is -5.04. The van der Waals surface area contributed by atoms with Crippen LogP contribution in [0.25, 0.3) is 0 Å². The number of ether oxygens (including phenoxy) is 1. The summed E-state index contributed by atoms with van der Waals surface area (Å²) in [5.41, 5.74) is 0.112. The normalized spacial score (nSPS) is 29.8. The second kappa shape index (κ2) is 7.89. The van der Waals surface area contributed by atoms with Crippen LogP contribution in [-0.2, 0) is 15.6 Å². The van der Waals surface area contributed by atoms with E-state index in [0.717, 1.165) is 16.0 Å². The van der Waals surface area contributed by atoms with E-state index in [4.69, 9.17) is 4.74 Å². The maximum absolute atomic E-state index is 10.8. The standard InChI is InChI=1S/C20H32O6S/c1-19(2,3)11-7-10(8-12(14(11)22)20(4,5)6)27-18-17(25)16(24)15(23)13(9-21)26-18/h7-8,13,15-18,21-25H,9H2,1-6H3/t13-,15-,16+,17-,18+/m1/s1. The van der Waals surface area contributed by atoms with Crippen LogP contribution in [0.15, 0.2) is 17.0 Å². The van der Waals surface area contributed by atoms with Crippen molar-refractivity contribution in [3.05, 3.63) is 23.3 Å². The van der Waals surface area contributed by atoms with Crippen LogP contribution in [0, 0.1) is 0 Å². The average molecular weight is 401 g/mol. The topological polar surface area (TPSA) is 110 Å². The Morgan fingerprint density at radius 1 is 0.889 bits per heavy atom. The van der Waals surface area contributed by atoms with E-state index in [1.54, 1.807) is 0 Å². The molecule has 0 aliphatic carbocycles. The van der Waals surface area contributed by atoms with E-state index in [1.165, 1.54) is 11.8 Å². The van der Waals surface area contributed by atoms with Gasteiger partial charge in [-0.2, -0.15) is 0 Å². The number of rotatable bonds is 3. The lowest BCUT2D eigenvalue weighted by Crippen LogP contribution is -2.57. The van der Waals surface area contributed by atoms with Crippen molar-refractivity contribution in [2.75, 3.05) is 6.61 Å². The highest BCUT2D eigenvalue weighted by Crippen LogP contribution is 2.43. The minimum absolute atomic E-state index is 0.258. The largest absolute Gasteiger partial charge is 0.507 e. The zero-order valence-corrected chi connectivity index (χ0v) is 17.6. The maximum atomic E-state index is 10.8. The van der Waals surface area contributed by atoms with Crippen LogP contribution in [-0.4, -0.2) is 62.0 Å². The lowest BCUT2D eigenvalue weighted by Gasteiger charge is -2.39. The predicted molar refractivity (Wildman–Crippen MR) is 105 cm³/mol. The molecule has 2 rings (SSSR count). The van der Waals surface area contributed by atoms with Gasteiger partial charge in [-0.05, 0) is 23.0 Å². The van der Waals surface area contributed by atoms with Gasteiger partial charge in [-0.3, -0.25) is 0 Å². The number of phenolic OH excluding ortho intramolecular Hbond substituents is 1. The number of aromatic hydroxyl groups is 1. The molecule has 1 aliphatic heterocycles. The number of benzene rings is 1. The molecule has 0 radical (unpaired) electrons. The van der Waals surface area contributed by atoms with Gasteiger partial charge in [0.1, 0.15) is 35.6 Å². The van der Waals surface area contributed by atoms with Crippen molar-refractivity contribution in [2.45, 2.75) is 87.1 Å². The minimum atomic E-state index is -1.41. The fourth-order valence-corrected chi connectivity index (χ4v) is 4.26. The molecule has 0 unspecified atom stereocenters. The molecule has 1 saturated heterocycles. The van der Waals surface area contributed by atoms with Crippen molar-refractivity contribution in [1.82, 2.24) is 0 Å². The average Bonchev–Trinajstić information content (AvgIpc) is 2.54. The van der Waals surface area contributed by atoms with Gasteiger partial charge in [-0.15, -0.1) is 0 Å². The second-order valence-electron chi connectivity index (χ2n) is 9.18. The lowest BCUT2D eigenvalue weighted by atomic mass is 9.79. The van der Waals surface area contributed by atoms with Gasteiger partial charge in [0.2, 0.25) is 0 Å². The summed E-state index contributed by atoms with van der Waals surface area (Å²) in [6, 6.07) is 3.72. The fraction of sp³-hybridized carbons (Fsp3) is 0.700. The summed E-state index contributed by atoms with van der Waals surface area (Å²) in [5, 5.41) is 50.4. The molecule has 27 heavy (non-hydrogen) atoms. The van der Waals surface area contributed by atoms with Gasteiger partial charge in [0, 0.05) is 16.0 Å². The summed E-state index contributed by atoms with van der Waals surface area (Å²) < 4.78 is 5.61. The molecule has 0 aromatic heterocycles. The van der Waals surface area contributed by atoms with E-state index in [0.29, 0.717) is 0 Å². The highest BCUT2D eigenvalue weighted by molar-refractivity contribution is 7.99. The quantitative estimate of drug-likeness (QED) is 0.527. The van der Waals surface area contributed by atoms with Gasteiger partial charge in [-0.1, -0.05) is 53.3 Å². The van der Waals surface area contributed by atoms with E-state index in [1.807, 2.05) is 53.7 Å². The highest BCUT2D eigenvalue weighted by atomic mass is 32.2. The van der Waals surface area contributed by atoms with Gasteiger partial charge < -0.3 is 30.3 Å². The molecule has 0 bridgehead atoms. The third-order valence-corrected chi connectivity index (χ3v) is 5.93. The SMILES string of the molecule is CC(C)(C)c1cc(S[C@@H]2O[C@H](CO)[C@@H](O)[C@H](O)[C@H]2O)cc(C(C)(C)C)c1O. The molecule has 6 nitrogen and oxygen atoms in total. The first kappa shape index (κ1) is 22.5. The first-order valence-electron chi connectivity index (χ1n) is 9.12. The molecular weight excluding hydrogens is 368 g/mol. The van der Waals surface area contributed by atoms with Crippen LogP contribution in [0.2, 0.25) is 0 Å². The zero-order chi connectivity index (χ0) is 20.7. The Kier molecular flexibility index (Phi) is 6.56. The van der Waals surface area contributed by atoms with E-state index >= 15 is 0 Å². The van der Waals surface area contributed by atoms with Crippen molar-refractivity contribution < 1.29 is 30.3 Å². The minimum Gasteiger partial charge on any atom is -0.507 e. The Morgan fingerprint density at radius 2 is 1.37 bits per heavy atom. The summed E-state index contributed by atoms with van der Waals surface area (Å²) in [5.74, 6) is 0.258. The van der Waals surface area contributed by atoms with Crippen molar-refractivity contribution in [2.24, 2.45) is 0 Å².